The van der Waals surface area contributed by atoms with E-state index in [4.69, 9.17) is 4.98 Å². The SMILES string of the molecule is Cc1nc(C)c(Cc2ccccc2F)c(N2CCN(C(=O)Nc3ccc(C(C)C)cc3)CC2)n1. The highest BCUT2D eigenvalue weighted by Crippen LogP contribution is 2.26. The topological polar surface area (TPSA) is 61.4 Å². The standard InChI is InChI=1S/C27H32FN5O/c1-18(2)21-9-11-23(12-10-21)31-27(34)33-15-13-32(14-16-33)26-24(19(3)29-20(4)30-26)17-22-7-5-6-8-25(22)28/h5-12,18H,13-17H2,1-4H3,(H,31,34). The Morgan fingerprint density at radius 2 is 1.68 bits per heavy atom. The van der Waals surface area contributed by atoms with Crippen LogP contribution in [0.2, 0.25) is 0 Å². The number of piperazine rings is 1. The third kappa shape index (κ3) is 5.35. The molecule has 4 rings (SSSR count). The van der Waals surface area contributed by atoms with Gasteiger partial charge < -0.3 is 15.1 Å². The number of carbonyl (C=O) groups excluding carboxylic acids is 1. The summed E-state index contributed by atoms with van der Waals surface area (Å²) in [5, 5.41) is 3.00. The van der Waals surface area contributed by atoms with E-state index < -0.39 is 0 Å². The number of rotatable bonds is 5. The predicted octanol–water partition coefficient (Wildman–Crippen LogP) is 5.30. The highest BCUT2D eigenvalue weighted by atomic mass is 19.1. The van der Waals surface area contributed by atoms with Gasteiger partial charge in [-0.25, -0.2) is 19.2 Å². The maximum atomic E-state index is 14.3. The monoisotopic (exact) mass is 461 g/mol. The summed E-state index contributed by atoms with van der Waals surface area (Å²) in [6.07, 6.45) is 0.432. The van der Waals surface area contributed by atoms with E-state index in [0.717, 1.165) is 22.8 Å². The van der Waals surface area contributed by atoms with Crippen LogP contribution in [0.4, 0.5) is 20.7 Å². The number of urea groups is 1. The quantitative estimate of drug-likeness (QED) is 0.560. The van der Waals surface area contributed by atoms with Gasteiger partial charge in [0.1, 0.15) is 17.5 Å². The first-order valence-corrected chi connectivity index (χ1v) is 11.8. The number of aryl methyl sites for hydroxylation is 2. The van der Waals surface area contributed by atoms with Gasteiger partial charge in [-0.2, -0.15) is 0 Å². The molecule has 1 saturated heterocycles. The number of hydrogen-bond acceptors (Lipinski definition) is 4. The number of carbonyl (C=O) groups is 1. The molecule has 34 heavy (non-hydrogen) atoms. The summed E-state index contributed by atoms with van der Waals surface area (Å²) < 4.78 is 14.3. The third-order valence-electron chi connectivity index (χ3n) is 6.32. The molecule has 2 amide bonds. The maximum Gasteiger partial charge on any atom is 0.321 e. The first-order valence-electron chi connectivity index (χ1n) is 11.8. The van der Waals surface area contributed by atoms with E-state index >= 15 is 0 Å². The Morgan fingerprint density at radius 1 is 1.00 bits per heavy atom. The van der Waals surface area contributed by atoms with Crippen LogP contribution in [0.25, 0.3) is 0 Å². The molecule has 178 valence electrons. The lowest BCUT2D eigenvalue weighted by Crippen LogP contribution is -2.50. The third-order valence-corrected chi connectivity index (χ3v) is 6.32. The molecule has 0 unspecified atom stereocenters. The van der Waals surface area contributed by atoms with Crippen molar-refractivity contribution in [2.45, 2.75) is 40.0 Å². The second kappa shape index (κ2) is 10.2. The second-order valence-corrected chi connectivity index (χ2v) is 9.11. The summed E-state index contributed by atoms with van der Waals surface area (Å²) >= 11 is 0. The normalized spacial score (nSPS) is 13.9. The highest BCUT2D eigenvalue weighted by Gasteiger charge is 2.25. The van der Waals surface area contributed by atoms with Gasteiger partial charge in [-0.3, -0.25) is 0 Å². The van der Waals surface area contributed by atoms with Crippen LogP contribution >= 0.6 is 0 Å². The molecule has 1 aliphatic heterocycles. The first-order chi connectivity index (χ1) is 16.3. The number of hydrogen-bond donors (Lipinski definition) is 1. The molecule has 0 bridgehead atoms. The Hall–Kier alpha value is -3.48. The molecule has 6 nitrogen and oxygen atoms in total. The molecule has 0 radical (unpaired) electrons. The summed E-state index contributed by atoms with van der Waals surface area (Å²) in [5.74, 6) is 1.75. The molecule has 1 aromatic heterocycles. The number of nitrogens with zero attached hydrogens (tertiary/aromatic N) is 4. The van der Waals surface area contributed by atoms with E-state index in [0.29, 0.717) is 49.9 Å². The van der Waals surface area contributed by atoms with Crippen molar-refractivity contribution in [3.63, 3.8) is 0 Å². The number of halogens is 1. The van der Waals surface area contributed by atoms with Crippen LogP contribution in [0.3, 0.4) is 0 Å². The average molecular weight is 462 g/mol. The number of nitrogens with one attached hydrogen (secondary N) is 1. The zero-order valence-electron chi connectivity index (χ0n) is 20.3. The second-order valence-electron chi connectivity index (χ2n) is 9.11. The minimum Gasteiger partial charge on any atom is -0.353 e. The molecule has 2 heterocycles. The van der Waals surface area contributed by atoms with Gasteiger partial charge in [-0.1, -0.05) is 44.2 Å². The predicted molar refractivity (Wildman–Crippen MR) is 134 cm³/mol. The van der Waals surface area contributed by atoms with Gasteiger partial charge in [-0.15, -0.1) is 0 Å². The van der Waals surface area contributed by atoms with Crippen LogP contribution in [0.5, 0.6) is 0 Å². The van der Waals surface area contributed by atoms with Crippen molar-refractivity contribution >= 4 is 17.5 Å². The number of amides is 2. The minimum atomic E-state index is -0.226. The highest BCUT2D eigenvalue weighted by molar-refractivity contribution is 5.89. The Bertz CT molecular complexity index is 1150. The fourth-order valence-corrected chi connectivity index (χ4v) is 4.29. The first kappa shape index (κ1) is 23.7. The lowest BCUT2D eigenvalue weighted by Gasteiger charge is -2.36. The maximum absolute atomic E-state index is 14.3. The van der Waals surface area contributed by atoms with Crippen molar-refractivity contribution in [3.8, 4) is 0 Å². The van der Waals surface area contributed by atoms with Crippen molar-refractivity contribution < 1.29 is 9.18 Å². The minimum absolute atomic E-state index is 0.0985. The number of aromatic nitrogens is 2. The van der Waals surface area contributed by atoms with Crippen molar-refractivity contribution in [1.82, 2.24) is 14.9 Å². The van der Waals surface area contributed by atoms with E-state index in [2.05, 4.69) is 41.2 Å². The molecule has 0 atom stereocenters. The molecule has 1 aliphatic rings. The van der Waals surface area contributed by atoms with Crippen molar-refractivity contribution in [2.24, 2.45) is 0 Å². The van der Waals surface area contributed by atoms with Crippen molar-refractivity contribution in [3.05, 3.63) is 82.6 Å². The fraction of sp³-hybridized carbons (Fsp3) is 0.370. The van der Waals surface area contributed by atoms with E-state index in [1.807, 2.05) is 36.9 Å². The summed E-state index contributed by atoms with van der Waals surface area (Å²) in [7, 11) is 0. The lowest BCUT2D eigenvalue weighted by molar-refractivity contribution is 0.208. The molecule has 0 aliphatic carbocycles. The molecular formula is C27H32FN5O. The molecule has 3 aromatic rings. The molecule has 0 saturated carbocycles. The molecule has 1 fully saturated rings. The number of benzene rings is 2. The van der Waals surface area contributed by atoms with E-state index in [1.165, 1.54) is 11.6 Å². The zero-order valence-corrected chi connectivity index (χ0v) is 20.3. The van der Waals surface area contributed by atoms with Crippen LogP contribution in [0.15, 0.2) is 48.5 Å². The molecule has 1 N–H and O–H groups in total. The van der Waals surface area contributed by atoms with Crippen LogP contribution in [-0.4, -0.2) is 47.1 Å². The molecular weight excluding hydrogens is 429 g/mol. The summed E-state index contributed by atoms with van der Waals surface area (Å²) in [6, 6.07) is 14.7. The largest absolute Gasteiger partial charge is 0.353 e. The molecule has 0 spiro atoms. The van der Waals surface area contributed by atoms with Crippen LogP contribution in [0, 0.1) is 19.7 Å². The Balaban J connectivity index is 1.44. The lowest BCUT2D eigenvalue weighted by atomic mass is 10.0. The average Bonchev–Trinajstić information content (AvgIpc) is 2.82. The molecule has 7 heteroatoms. The van der Waals surface area contributed by atoms with Crippen LogP contribution in [-0.2, 0) is 6.42 Å². The van der Waals surface area contributed by atoms with E-state index in [9.17, 15) is 9.18 Å². The fourth-order valence-electron chi connectivity index (χ4n) is 4.29. The Morgan fingerprint density at radius 3 is 2.32 bits per heavy atom. The van der Waals surface area contributed by atoms with Gasteiger partial charge >= 0.3 is 6.03 Å². The van der Waals surface area contributed by atoms with Gasteiger partial charge in [0, 0.05) is 49.5 Å². The van der Waals surface area contributed by atoms with Gasteiger partial charge in [0.25, 0.3) is 0 Å². The Kier molecular flexibility index (Phi) is 7.10. The van der Waals surface area contributed by atoms with Gasteiger partial charge in [0.15, 0.2) is 0 Å². The zero-order chi connectivity index (χ0) is 24.2. The van der Waals surface area contributed by atoms with Gasteiger partial charge in [0.05, 0.1) is 0 Å². The Labute approximate surface area is 200 Å². The van der Waals surface area contributed by atoms with Crippen molar-refractivity contribution in [2.75, 3.05) is 36.4 Å². The van der Waals surface area contributed by atoms with Gasteiger partial charge in [0.2, 0.25) is 0 Å². The van der Waals surface area contributed by atoms with Gasteiger partial charge in [-0.05, 0) is 49.1 Å². The summed E-state index contributed by atoms with van der Waals surface area (Å²) in [5.41, 5.74) is 4.45. The van der Waals surface area contributed by atoms with E-state index in [-0.39, 0.29) is 11.8 Å². The van der Waals surface area contributed by atoms with E-state index in [1.54, 1.807) is 12.1 Å². The van der Waals surface area contributed by atoms with Crippen LogP contribution in [0.1, 0.15) is 48.0 Å². The number of anilines is 2. The summed E-state index contributed by atoms with van der Waals surface area (Å²) in [6.45, 7) is 10.6. The molecule has 2 aromatic carbocycles. The van der Waals surface area contributed by atoms with Crippen molar-refractivity contribution in [1.29, 1.82) is 0 Å². The smallest absolute Gasteiger partial charge is 0.321 e. The summed E-state index contributed by atoms with van der Waals surface area (Å²) in [4.78, 5) is 26.1. The van der Waals surface area contributed by atoms with Crippen LogP contribution < -0.4 is 10.2 Å².